The molecule has 14 heteroatoms. The van der Waals surface area contributed by atoms with Crippen molar-refractivity contribution in [1.82, 2.24) is 14.8 Å². The lowest BCUT2D eigenvalue weighted by Gasteiger charge is -2.34. The molecule has 48 heavy (non-hydrogen) atoms. The first-order valence-corrected chi connectivity index (χ1v) is 16.1. The fraction of sp³-hybridized carbons (Fsp3) is 0.412. The summed E-state index contributed by atoms with van der Waals surface area (Å²) in [6, 6.07) is 16.1. The van der Waals surface area contributed by atoms with Gasteiger partial charge in [-0.1, -0.05) is 42.0 Å². The van der Waals surface area contributed by atoms with Crippen LogP contribution in [0.1, 0.15) is 68.0 Å². The lowest BCUT2D eigenvalue weighted by Crippen LogP contribution is -2.42. The molecule has 0 aliphatic carbocycles. The van der Waals surface area contributed by atoms with Crippen LogP contribution in [0.3, 0.4) is 0 Å². The van der Waals surface area contributed by atoms with Gasteiger partial charge in [0.1, 0.15) is 17.6 Å². The van der Waals surface area contributed by atoms with E-state index in [1.807, 2.05) is 36.1 Å². The highest BCUT2D eigenvalue weighted by atomic mass is 32.1. The number of likely N-dealkylation sites (tertiary alicyclic amines) is 2. The van der Waals surface area contributed by atoms with Gasteiger partial charge in [-0.3, -0.25) is 24.3 Å². The van der Waals surface area contributed by atoms with Crippen molar-refractivity contribution in [3.05, 3.63) is 94.8 Å². The maximum Gasteiger partial charge on any atom is 0.573 e. The molecule has 0 N–H and O–H groups in total. The number of alkyl halides is 4. The van der Waals surface area contributed by atoms with Gasteiger partial charge in [-0.2, -0.15) is 8.42 Å². The van der Waals surface area contributed by atoms with Crippen LogP contribution < -0.4 is 4.74 Å². The first kappa shape index (κ1) is 36.5. The Bertz CT molecular complexity index is 1590. The molecule has 2 atom stereocenters. The molecule has 9 nitrogen and oxygen atoms in total. The number of carbonyl (C=O) groups excluding carboxylic acids is 3. The van der Waals surface area contributed by atoms with Crippen LogP contribution in [0, 0.1) is 18.8 Å². The molecule has 5 rings (SSSR count). The number of ether oxygens (including phenoxy) is 1. The number of amides is 1. The number of aromatic nitrogens is 1. The average Bonchev–Trinajstić information content (AvgIpc) is 3.06. The summed E-state index contributed by atoms with van der Waals surface area (Å²) in [5.41, 5.74) is 3.03. The summed E-state index contributed by atoms with van der Waals surface area (Å²) in [4.78, 5) is 46.6. The molecule has 0 saturated carbocycles. The minimum atomic E-state index is -4.76. The SMILES string of the molecule is Cc1ccc(C(=O)C2CCN(C(=O)c3ccc(C(=O)C[C@@H]4CCN(Cc5ccc(OC(F)(F)F)cc5)C[C@H]4F)nc3)CC2)cc1.O=S=O. The second-order valence-corrected chi connectivity index (χ2v) is 12.1. The van der Waals surface area contributed by atoms with E-state index >= 15 is 4.39 Å². The van der Waals surface area contributed by atoms with Crippen LogP contribution in [0.25, 0.3) is 0 Å². The van der Waals surface area contributed by atoms with E-state index in [4.69, 9.17) is 8.42 Å². The topological polar surface area (TPSA) is 114 Å². The summed E-state index contributed by atoms with van der Waals surface area (Å²) < 4.78 is 72.6. The predicted molar refractivity (Wildman–Crippen MR) is 168 cm³/mol. The van der Waals surface area contributed by atoms with Crippen LogP contribution in [0.15, 0.2) is 66.9 Å². The average molecular weight is 690 g/mol. The van der Waals surface area contributed by atoms with E-state index in [0.717, 1.165) is 11.1 Å². The largest absolute Gasteiger partial charge is 0.573 e. The van der Waals surface area contributed by atoms with E-state index in [1.54, 1.807) is 11.0 Å². The van der Waals surface area contributed by atoms with Crippen molar-refractivity contribution in [3.63, 3.8) is 0 Å². The van der Waals surface area contributed by atoms with Crippen molar-refractivity contribution in [2.75, 3.05) is 26.2 Å². The molecule has 3 heterocycles. The second kappa shape index (κ2) is 16.7. The van der Waals surface area contributed by atoms with Gasteiger partial charge in [0.15, 0.2) is 11.6 Å². The molecule has 256 valence electrons. The first-order valence-electron chi connectivity index (χ1n) is 15.4. The fourth-order valence-corrected chi connectivity index (χ4v) is 5.95. The van der Waals surface area contributed by atoms with Crippen LogP contribution in [0.4, 0.5) is 17.6 Å². The highest BCUT2D eigenvalue weighted by Crippen LogP contribution is 2.28. The highest BCUT2D eigenvalue weighted by molar-refractivity contribution is 7.51. The Kier molecular flexibility index (Phi) is 12.7. The van der Waals surface area contributed by atoms with Gasteiger partial charge >= 0.3 is 17.9 Å². The molecule has 2 fully saturated rings. The third-order valence-electron chi connectivity index (χ3n) is 8.56. The summed E-state index contributed by atoms with van der Waals surface area (Å²) in [6.07, 6.45) is -3.05. The molecule has 2 saturated heterocycles. The van der Waals surface area contributed by atoms with Gasteiger partial charge in [0.25, 0.3) is 5.91 Å². The Morgan fingerprint density at radius 1 is 0.896 bits per heavy atom. The van der Waals surface area contributed by atoms with E-state index < -0.39 is 30.0 Å². The van der Waals surface area contributed by atoms with E-state index in [1.165, 1.54) is 36.5 Å². The molecule has 2 aromatic carbocycles. The number of pyridine rings is 1. The Labute approximate surface area is 278 Å². The van der Waals surface area contributed by atoms with Crippen molar-refractivity contribution in [1.29, 1.82) is 0 Å². The molecule has 2 aliphatic rings. The number of rotatable bonds is 9. The van der Waals surface area contributed by atoms with Gasteiger partial charge < -0.3 is 9.64 Å². The lowest BCUT2D eigenvalue weighted by molar-refractivity contribution is -0.274. The number of benzene rings is 2. The van der Waals surface area contributed by atoms with Crippen molar-refractivity contribution in [2.24, 2.45) is 11.8 Å². The number of nitrogens with zero attached hydrogens (tertiary/aromatic N) is 3. The van der Waals surface area contributed by atoms with E-state index in [0.29, 0.717) is 56.6 Å². The van der Waals surface area contributed by atoms with Crippen LogP contribution >= 0.6 is 0 Å². The molecule has 0 bridgehead atoms. The summed E-state index contributed by atoms with van der Waals surface area (Å²) in [5, 5.41) is 0. The minimum Gasteiger partial charge on any atom is -0.406 e. The first-order chi connectivity index (χ1) is 22.9. The van der Waals surface area contributed by atoms with E-state index in [9.17, 15) is 27.6 Å². The number of carbonyl (C=O) groups is 3. The molecule has 1 amide bonds. The van der Waals surface area contributed by atoms with Gasteiger partial charge in [0.05, 0.1) is 5.56 Å². The van der Waals surface area contributed by atoms with Crippen LogP contribution in [0.5, 0.6) is 5.75 Å². The predicted octanol–water partition coefficient (Wildman–Crippen LogP) is 5.79. The van der Waals surface area contributed by atoms with Crippen LogP contribution in [0.2, 0.25) is 0 Å². The molecule has 1 aromatic heterocycles. The number of aryl methyl sites for hydroxylation is 1. The quantitative estimate of drug-likeness (QED) is 0.205. The van der Waals surface area contributed by atoms with Crippen molar-refractivity contribution >= 4 is 29.0 Å². The highest BCUT2D eigenvalue weighted by Gasteiger charge is 2.33. The Hall–Kier alpha value is -4.30. The minimum absolute atomic E-state index is 0.0126. The molecule has 0 unspecified atom stereocenters. The maximum absolute atomic E-state index is 15.1. The van der Waals surface area contributed by atoms with Crippen molar-refractivity contribution in [3.8, 4) is 5.75 Å². The van der Waals surface area contributed by atoms with Gasteiger partial charge in [0.2, 0.25) is 0 Å². The summed E-state index contributed by atoms with van der Waals surface area (Å²) >= 11 is -0.750. The molecule has 0 radical (unpaired) electrons. The second-order valence-electron chi connectivity index (χ2n) is 11.9. The molecule has 2 aliphatic heterocycles. The van der Waals surface area contributed by atoms with E-state index in [2.05, 4.69) is 9.72 Å². The molecular weight excluding hydrogens is 654 g/mol. The third-order valence-corrected chi connectivity index (χ3v) is 8.56. The number of ketones is 2. The molecule has 3 aromatic rings. The normalized spacial score (nSPS) is 18.7. The zero-order valence-corrected chi connectivity index (χ0v) is 27.0. The van der Waals surface area contributed by atoms with Gasteiger partial charge in [-0.25, -0.2) is 4.39 Å². The molecule has 0 spiro atoms. The zero-order valence-electron chi connectivity index (χ0n) is 26.2. The van der Waals surface area contributed by atoms with Crippen LogP contribution in [-0.2, 0) is 18.1 Å². The maximum atomic E-state index is 15.1. The summed E-state index contributed by atoms with van der Waals surface area (Å²) in [5.74, 6) is -1.34. The third kappa shape index (κ3) is 10.3. The number of halogens is 4. The number of piperidine rings is 2. The van der Waals surface area contributed by atoms with Gasteiger partial charge in [-0.15, -0.1) is 13.2 Å². The Morgan fingerprint density at radius 2 is 1.52 bits per heavy atom. The number of Topliss-reactive ketones (excluding diaryl/α,β-unsaturated/α-hetero) is 2. The monoisotopic (exact) mass is 689 g/mol. The van der Waals surface area contributed by atoms with Gasteiger partial charge in [0, 0.05) is 50.3 Å². The molecular formula is C34H35F4N3O6S. The van der Waals surface area contributed by atoms with Crippen LogP contribution in [-0.4, -0.2) is 79.4 Å². The zero-order chi connectivity index (χ0) is 34.8. The number of hydrogen-bond donors (Lipinski definition) is 0. The van der Waals surface area contributed by atoms with Crippen molar-refractivity contribution < 1.29 is 45.1 Å². The Balaban J connectivity index is 0.00000167. The van der Waals surface area contributed by atoms with Crippen molar-refractivity contribution in [2.45, 2.75) is 51.7 Å². The standard InChI is InChI=1S/C34H35F4N3O4.O2S/c1-22-2-6-24(7-3-22)32(43)25-13-16-41(17-14-25)33(44)27-8-11-30(39-19-27)31(42)18-26-12-15-40(21-29(26)35)20-23-4-9-28(10-5-23)45-34(36,37)38;1-3-2/h2-11,19,25-26,29H,12-18,20-21H2,1H3;/t26-,29+;/m0./s1. The summed E-state index contributed by atoms with van der Waals surface area (Å²) in [6.45, 7) is 3.88. The number of hydrogen-bond acceptors (Lipinski definition) is 8. The lowest BCUT2D eigenvalue weighted by atomic mass is 9.88. The van der Waals surface area contributed by atoms with E-state index in [-0.39, 0.29) is 47.8 Å². The fourth-order valence-electron chi connectivity index (χ4n) is 5.95. The summed E-state index contributed by atoms with van der Waals surface area (Å²) in [7, 11) is 0. The smallest absolute Gasteiger partial charge is 0.406 e. The van der Waals surface area contributed by atoms with Gasteiger partial charge in [-0.05, 0) is 68.5 Å². The Morgan fingerprint density at radius 3 is 2.08 bits per heavy atom.